The Balaban J connectivity index is 1.74. The van der Waals surface area contributed by atoms with Gasteiger partial charge in [-0.3, -0.25) is 14.6 Å². The number of fused-ring (bicyclic) bond motifs is 2. The molecule has 3 aromatic carbocycles. The highest BCUT2D eigenvalue weighted by atomic mass is 19.1. The Hall–Kier alpha value is -4.50. The molecule has 2 heterocycles. The first-order valence-corrected chi connectivity index (χ1v) is 10.3. The van der Waals surface area contributed by atoms with Gasteiger partial charge >= 0.3 is 6.09 Å². The molecular formula is C25H19FN4O4. The number of hydrogen-bond donors (Lipinski definition) is 3. The van der Waals surface area contributed by atoms with Gasteiger partial charge in [-0.1, -0.05) is 49.1 Å². The molecule has 0 saturated carbocycles. The number of benzene rings is 3. The lowest BCUT2D eigenvalue weighted by Crippen LogP contribution is -2.45. The van der Waals surface area contributed by atoms with Crippen LogP contribution < -0.4 is 9.80 Å². The van der Waals surface area contributed by atoms with Crippen LogP contribution in [0.5, 0.6) is 0 Å². The van der Waals surface area contributed by atoms with E-state index in [1.807, 2.05) is 0 Å². The van der Waals surface area contributed by atoms with Gasteiger partial charge in [-0.15, -0.1) is 0 Å². The van der Waals surface area contributed by atoms with E-state index in [-0.39, 0.29) is 28.3 Å². The number of nitrogens with one attached hydrogen (secondary N) is 1. The van der Waals surface area contributed by atoms with E-state index in [4.69, 9.17) is 0 Å². The van der Waals surface area contributed by atoms with Crippen molar-refractivity contribution in [3.8, 4) is 0 Å². The van der Waals surface area contributed by atoms with Gasteiger partial charge in [0.15, 0.2) is 11.5 Å². The van der Waals surface area contributed by atoms with Crippen LogP contribution in [0.25, 0.3) is 17.1 Å². The van der Waals surface area contributed by atoms with Gasteiger partial charge in [0, 0.05) is 29.3 Å². The number of nitrogens with zero attached hydrogens (tertiary/aromatic N) is 3. The number of aliphatic hydroxyl groups is 1. The normalized spacial score (nSPS) is 17.1. The number of H-pyrrole nitrogens is 1. The molecule has 170 valence electrons. The second-order valence-corrected chi connectivity index (χ2v) is 7.88. The fourth-order valence-electron chi connectivity index (χ4n) is 4.26. The fourth-order valence-corrected chi connectivity index (χ4v) is 4.26. The Bertz CT molecular complexity index is 1500. The van der Waals surface area contributed by atoms with E-state index in [0.29, 0.717) is 16.6 Å². The maximum atomic E-state index is 15.3. The average molecular weight is 458 g/mol. The molecule has 0 spiro atoms. The number of amides is 2. The van der Waals surface area contributed by atoms with E-state index in [0.717, 1.165) is 9.80 Å². The molecule has 5 rings (SSSR count). The molecule has 1 unspecified atom stereocenters. The molecule has 1 aliphatic heterocycles. The van der Waals surface area contributed by atoms with Gasteiger partial charge in [0.05, 0.1) is 16.7 Å². The minimum Gasteiger partial charge on any atom is -0.465 e. The maximum Gasteiger partial charge on any atom is 0.413 e. The molecule has 1 atom stereocenters. The lowest BCUT2D eigenvalue weighted by atomic mass is 9.93. The largest absolute Gasteiger partial charge is 0.465 e. The van der Waals surface area contributed by atoms with Gasteiger partial charge in [-0.2, -0.15) is 0 Å². The summed E-state index contributed by atoms with van der Waals surface area (Å²) in [5.41, 5.74) is -0.270. The summed E-state index contributed by atoms with van der Waals surface area (Å²) in [4.78, 5) is 33.9. The number of carbonyl (C=O) groups excluding carboxylic acids is 1. The van der Waals surface area contributed by atoms with E-state index in [1.165, 1.54) is 25.3 Å². The summed E-state index contributed by atoms with van der Waals surface area (Å²) in [5, 5.41) is 21.4. The fraction of sp³-hybridized carbons (Fsp3) is 0.0800. The molecule has 0 aliphatic carbocycles. The summed E-state index contributed by atoms with van der Waals surface area (Å²) in [7, 11) is 1.34. The quantitative estimate of drug-likeness (QED) is 0.422. The van der Waals surface area contributed by atoms with Crippen LogP contribution in [0.2, 0.25) is 0 Å². The molecule has 8 nitrogen and oxygen atoms in total. The van der Waals surface area contributed by atoms with E-state index in [9.17, 15) is 19.8 Å². The first-order chi connectivity index (χ1) is 16.3. The van der Waals surface area contributed by atoms with Crippen molar-refractivity contribution in [3.05, 3.63) is 95.3 Å². The first kappa shape index (κ1) is 21.4. The molecule has 1 aliphatic rings. The van der Waals surface area contributed by atoms with Gasteiger partial charge in [0.25, 0.3) is 5.91 Å². The van der Waals surface area contributed by atoms with Crippen LogP contribution in [0.1, 0.15) is 27.0 Å². The van der Waals surface area contributed by atoms with Gasteiger partial charge in [-0.05, 0) is 24.3 Å². The summed E-state index contributed by atoms with van der Waals surface area (Å²) in [6.07, 6.45) is 0.138. The Morgan fingerprint density at radius 3 is 2.71 bits per heavy atom. The molecule has 0 radical (unpaired) electrons. The van der Waals surface area contributed by atoms with Crippen LogP contribution in [0.3, 0.4) is 0 Å². The molecule has 3 N–H and O–H groups in total. The SMILES string of the molecule is C=Cc1cccc(N2C(=O)c3ccccc3C2(O)c2ccc3[nH]c(N(C)C(=O)O)nc3c2)c1F. The van der Waals surface area contributed by atoms with Crippen molar-refractivity contribution in [2.45, 2.75) is 5.72 Å². The lowest BCUT2D eigenvalue weighted by molar-refractivity contribution is 0.0699. The minimum absolute atomic E-state index is 0.0936. The van der Waals surface area contributed by atoms with E-state index >= 15 is 4.39 Å². The molecule has 0 bridgehead atoms. The Morgan fingerprint density at radius 1 is 1.21 bits per heavy atom. The van der Waals surface area contributed by atoms with Gasteiger partial charge in [0.1, 0.15) is 0 Å². The number of halogens is 1. The highest BCUT2D eigenvalue weighted by molar-refractivity contribution is 6.12. The highest BCUT2D eigenvalue weighted by Gasteiger charge is 2.51. The monoisotopic (exact) mass is 458 g/mol. The number of rotatable bonds is 4. The summed E-state index contributed by atoms with van der Waals surface area (Å²) in [6.45, 7) is 3.61. The van der Waals surface area contributed by atoms with Crippen molar-refractivity contribution >= 4 is 40.7 Å². The molecule has 1 aromatic heterocycles. The second-order valence-electron chi connectivity index (χ2n) is 7.88. The van der Waals surface area contributed by atoms with E-state index in [1.54, 1.807) is 48.5 Å². The van der Waals surface area contributed by atoms with Crippen molar-refractivity contribution < 1.29 is 24.2 Å². The number of carboxylic acid groups (broad SMARTS) is 1. The summed E-state index contributed by atoms with van der Waals surface area (Å²) < 4.78 is 15.3. The standard InChI is InChI=1S/C25H19FN4O4/c1-3-14-7-6-10-20(21(14)26)30-22(31)16-8-4-5-9-17(16)25(30,34)15-11-12-18-19(13-15)28-23(27-18)29(2)24(32)33/h3-13,34H,1H2,2H3,(H,27,28)(H,32,33). The van der Waals surface area contributed by atoms with Crippen molar-refractivity contribution in [1.29, 1.82) is 0 Å². The van der Waals surface area contributed by atoms with Crippen LogP contribution in [0, 0.1) is 5.82 Å². The third-order valence-corrected chi connectivity index (χ3v) is 6.01. The number of anilines is 2. The van der Waals surface area contributed by atoms with Gasteiger partial charge in [0.2, 0.25) is 5.95 Å². The number of aromatic amines is 1. The van der Waals surface area contributed by atoms with Crippen molar-refractivity contribution in [2.24, 2.45) is 0 Å². The number of aromatic nitrogens is 2. The molecule has 0 saturated heterocycles. The molecule has 9 heteroatoms. The zero-order valence-electron chi connectivity index (χ0n) is 18.0. The molecular weight excluding hydrogens is 439 g/mol. The van der Waals surface area contributed by atoms with Crippen molar-refractivity contribution in [2.75, 3.05) is 16.8 Å². The third kappa shape index (κ3) is 2.91. The second kappa shape index (κ2) is 7.53. The van der Waals surface area contributed by atoms with Gasteiger partial charge in [-0.25, -0.2) is 14.2 Å². The Kier molecular flexibility index (Phi) is 4.73. The predicted octanol–water partition coefficient (Wildman–Crippen LogP) is 4.31. The number of carbonyl (C=O) groups is 2. The minimum atomic E-state index is -2.04. The Morgan fingerprint density at radius 2 is 1.97 bits per heavy atom. The maximum absolute atomic E-state index is 15.3. The summed E-state index contributed by atoms with van der Waals surface area (Å²) >= 11 is 0. The summed E-state index contributed by atoms with van der Waals surface area (Å²) in [5.74, 6) is -1.16. The number of hydrogen-bond acceptors (Lipinski definition) is 4. The molecule has 34 heavy (non-hydrogen) atoms. The van der Waals surface area contributed by atoms with Crippen LogP contribution in [0.4, 0.5) is 20.8 Å². The topological polar surface area (TPSA) is 110 Å². The predicted molar refractivity (Wildman–Crippen MR) is 125 cm³/mol. The van der Waals surface area contributed by atoms with Crippen molar-refractivity contribution in [3.63, 3.8) is 0 Å². The summed E-state index contributed by atoms with van der Waals surface area (Å²) in [6, 6.07) is 15.8. The van der Waals surface area contributed by atoms with Crippen LogP contribution in [0.15, 0.2) is 67.2 Å². The van der Waals surface area contributed by atoms with Crippen LogP contribution in [-0.2, 0) is 5.72 Å². The lowest BCUT2D eigenvalue weighted by Gasteiger charge is -2.35. The molecule has 2 amide bonds. The van der Waals surface area contributed by atoms with Crippen molar-refractivity contribution in [1.82, 2.24) is 9.97 Å². The van der Waals surface area contributed by atoms with Crippen LogP contribution in [-0.4, -0.2) is 39.2 Å². The van der Waals surface area contributed by atoms with E-state index < -0.39 is 23.5 Å². The number of imidazole rings is 1. The average Bonchev–Trinajstić information content (AvgIpc) is 3.36. The van der Waals surface area contributed by atoms with Crippen LogP contribution >= 0.6 is 0 Å². The first-order valence-electron chi connectivity index (χ1n) is 10.3. The zero-order chi connectivity index (χ0) is 24.2. The molecule has 0 fully saturated rings. The zero-order valence-corrected chi connectivity index (χ0v) is 18.0. The van der Waals surface area contributed by atoms with E-state index in [2.05, 4.69) is 16.5 Å². The smallest absolute Gasteiger partial charge is 0.413 e. The molecule has 4 aromatic rings. The van der Waals surface area contributed by atoms with Gasteiger partial charge < -0.3 is 15.2 Å². The highest BCUT2D eigenvalue weighted by Crippen LogP contribution is 2.46. The third-order valence-electron chi connectivity index (χ3n) is 6.01. The Labute approximate surface area is 193 Å².